The van der Waals surface area contributed by atoms with Crippen molar-refractivity contribution in [3.05, 3.63) is 64.9 Å². The number of benzene rings is 2. The predicted octanol–water partition coefficient (Wildman–Crippen LogP) is 5.95. The van der Waals surface area contributed by atoms with Crippen LogP contribution in [0.25, 0.3) is 0 Å². The van der Waals surface area contributed by atoms with Gasteiger partial charge in [-0.05, 0) is 48.6 Å². The van der Waals surface area contributed by atoms with Crippen LogP contribution in [0.15, 0.2) is 48.5 Å². The number of hydrogen-bond donors (Lipinski definition) is 2. The summed E-state index contributed by atoms with van der Waals surface area (Å²) in [5.74, 6) is 0.935. The van der Waals surface area contributed by atoms with Crippen molar-refractivity contribution >= 4 is 28.2 Å². The Hall–Kier alpha value is -3.00. The van der Waals surface area contributed by atoms with E-state index in [9.17, 15) is 9.18 Å². The first kappa shape index (κ1) is 20.3. The summed E-state index contributed by atoms with van der Waals surface area (Å²) < 4.78 is 19.4. The minimum absolute atomic E-state index is 0.0970. The van der Waals surface area contributed by atoms with Crippen LogP contribution in [0.1, 0.15) is 48.6 Å². The van der Waals surface area contributed by atoms with Crippen LogP contribution in [0.2, 0.25) is 0 Å². The Morgan fingerprint density at radius 3 is 2.57 bits per heavy atom. The van der Waals surface area contributed by atoms with Gasteiger partial charge in [0.15, 0.2) is 5.01 Å². The van der Waals surface area contributed by atoms with Gasteiger partial charge in [0, 0.05) is 0 Å². The molecule has 2 aromatic carbocycles. The number of ether oxygens (including phenoxy) is 1. The maximum absolute atomic E-state index is 13.6. The van der Waals surface area contributed by atoms with Gasteiger partial charge in [-0.3, -0.25) is 5.32 Å². The molecule has 1 aromatic heterocycles. The number of halogens is 1. The van der Waals surface area contributed by atoms with Crippen molar-refractivity contribution in [2.45, 2.75) is 44.6 Å². The Morgan fingerprint density at radius 1 is 1.03 bits per heavy atom. The molecule has 2 N–H and O–H groups in total. The molecule has 1 saturated carbocycles. The van der Waals surface area contributed by atoms with Crippen molar-refractivity contribution in [2.24, 2.45) is 0 Å². The molecule has 3 aromatic rings. The molecule has 0 unspecified atom stereocenters. The minimum atomic E-state index is -0.581. The molecule has 0 saturated heterocycles. The van der Waals surface area contributed by atoms with E-state index in [0.29, 0.717) is 16.1 Å². The van der Waals surface area contributed by atoms with Crippen LogP contribution in [-0.4, -0.2) is 16.2 Å². The van der Waals surface area contributed by atoms with Gasteiger partial charge in [0.05, 0.1) is 5.69 Å². The lowest BCUT2D eigenvalue weighted by molar-refractivity contribution is 0.262. The number of aromatic nitrogens is 2. The number of nitrogens with one attached hydrogen (secondary N) is 2. The molecule has 8 heteroatoms. The summed E-state index contributed by atoms with van der Waals surface area (Å²) >= 11 is 1.21. The molecule has 1 heterocycles. The molecule has 0 spiro atoms. The van der Waals surface area contributed by atoms with Crippen LogP contribution in [0.5, 0.6) is 5.75 Å². The Labute approximate surface area is 178 Å². The summed E-state index contributed by atoms with van der Waals surface area (Å²) in [7, 11) is 0. The monoisotopic (exact) mass is 426 g/mol. The minimum Gasteiger partial charge on any atom is -0.486 e. The van der Waals surface area contributed by atoms with Crippen LogP contribution in [0.3, 0.4) is 0 Å². The maximum atomic E-state index is 13.6. The third-order valence-electron chi connectivity index (χ3n) is 5.13. The fourth-order valence-corrected chi connectivity index (χ4v) is 4.24. The van der Waals surface area contributed by atoms with Crippen LogP contribution < -0.4 is 15.4 Å². The van der Waals surface area contributed by atoms with Gasteiger partial charge in [-0.2, -0.15) is 0 Å². The number of carbonyl (C=O) groups is 1. The van der Waals surface area contributed by atoms with Crippen molar-refractivity contribution in [3.63, 3.8) is 0 Å². The van der Waals surface area contributed by atoms with Crippen LogP contribution in [0, 0.1) is 5.82 Å². The zero-order chi connectivity index (χ0) is 20.8. The fourth-order valence-electron chi connectivity index (χ4n) is 3.59. The maximum Gasteiger partial charge on any atom is 0.325 e. The first-order valence-electron chi connectivity index (χ1n) is 10.0. The molecule has 1 fully saturated rings. The molecule has 30 heavy (non-hydrogen) atoms. The Morgan fingerprint density at radius 2 is 1.80 bits per heavy atom. The highest BCUT2D eigenvalue weighted by Gasteiger charge is 2.15. The second-order valence-electron chi connectivity index (χ2n) is 7.25. The molecule has 4 rings (SSSR count). The number of carbonyl (C=O) groups excluding carboxylic acids is 1. The molecule has 0 atom stereocenters. The number of amides is 2. The SMILES string of the molecule is O=C(Nc1nnc(COc2ccc(C3CCCCC3)cc2)s1)Nc1ccccc1F. The first-order chi connectivity index (χ1) is 14.7. The fraction of sp³-hybridized carbons (Fsp3) is 0.318. The molecular formula is C22H23FN4O2S. The van der Waals surface area contributed by atoms with Crippen molar-refractivity contribution < 1.29 is 13.9 Å². The quantitative estimate of drug-likeness (QED) is 0.511. The molecule has 1 aliphatic rings. The smallest absolute Gasteiger partial charge is 0.325 e. The normalized spacial score (nSPS) is 14.3. The third-order valence-corrected chi connectivity index (χ3v) is 5.94. The molecule has 6 nitrogen and oxygen atoms in total. The topological polar surface area (TPSA) is 76.1 Å². The van der Waals surface area contributed by atoms with E-state index in [4.69, 9.17) is 4.74 Å². The van der Waals surface area contributed by atoms with E-state index in [0.717, 1.165) is 5.75 Å². The van der Waals surface area contributed by atoms with E-state index in [1.54, 1.807) is 12.1 Å². The lowest BCUT2D eigenvalue weighted by Crippen LogP contribution is -2.19. The summed E-state index contributed by atoms with van der Waals surface area (Å²) in [6.45, 7) is 0.261. The first-order valence-corrected chi connectivity index (χ1v) is 10.9. The Bertz CT molecular complexity index is 987. The molecule has 0 radical (unpaired) electrons. The van der Waals surface area contributed by atoms with Gasteiger partial charge in [0.25, 0.3) is 0 Å². The van der Waals surface area contributed by atoms with Gasteiger partial charge in [0.2, 0.25) is 5.13 Å². The number of nitrogens with zero attached hydrogens (tertiary/aromatic N) is 2. The largest absolute Gasteiger partial charge is 0.486 e. The lowest BCUT2D eigenvalue weighted by Gasteiger charge is -2.22. The second kappa shape index (κ2) is 9.67. The lowest BCUT2D eigenvalue weighted by atomic mass is 9.84. The van der Waals surface area contributed by atoms with Crippen LogP contribution in [-0.2, 0) is 6.61 Å². The zero-order valence-corrected chi connectivity index (χ0v) is 17.3. The van der Waals surface area contributed by atoms with E-state index in [-0.39, 0.29) is 12.3 Å². The molecule has 156 valence electrons. The van der Waals surface area contributed by atoms with E-state index in [1.165, 1.54) is 61.1 Å². The van der Waals surface area contributed by atoms with E-state index in [1.807, 2.05) is 12.1 Å². The number of urea groups is 1. The summed E-state index contributed by atoms with van der Waals surface area (Å²) in [6, 6.07) is 13.6. The Balaban J connectivity index is 1.27. The molecule has 0 bridgehead atoms. The van der Waals surface area contributed by atoms with E-state index in [2.05, 4.69) is 33.0 Å². The highest BCUT2D eigenvalue weighted by atomic mass is 32.1. The number of rotatable bonds is 6. The van der Waals surface area contributed by atoms with Crippen molar-refractivity contribution in [1.82, 2.24) is 10.2 Å². The summed E-state index contributed by atoms with van der Waals surface area (Å²) in [5, 5.41) is 13.9. The van der Waals surface area contributed by atoms with Gasteiger partial charge in [-0.15, -0.1) is 10.2 Å². The summed E-state index contributed by atoms with van der Waals surface area (Å²) in [4.78, 5) is 12.0. The van der Waals surface area contributed by atoms with Crippen LogP contribution in [0.4, 0.5) is 20.0 Å². The summed E-state index contributed by atoms with van der Waals surface area (Å²) in [5.41, 5.74) is 1.48. The number of hydrogen-bond acceptors (Lipinski definition) is 5. The number of para-hydroxylation sites is 1. The van der Waals surface area contributed by atoms with Crippen molar-refractivity contribution in [1.29, 1.82) is 0 Å². The van der Waals surface area contributed by atoms with Crippen molar-refractivity contribution in [3.8, 4) is 5.75 Å². The van der Waals surface area contributed by atoms with Gasteiger partial charge in [-0.25, -0.2) is 9.18 Å². The van der Waals surface area contributed by atoms with Crippen LogP contribution >= 0.6 is 11.3 Å². The molecular weight excluding hydrogens is 403 g/mol. The van der Waals surface area contributed by atoms with E-state index >= 15 is 0 Å². The average Bonchev–Trinajstić information content (AvgIpc) is 3.22. The van der Waals surface area contributed by atoms with Gasteiger partial charge >= 0.3 is 6.03 Å². The standard InChI is InChI=1S/C22H23FN4O2S/c23-18-8-4-5-9-19(18)24-21(28)25-22-27-26-20(30-22)14-29-17-12-10-16(11-13-17)15-6-2-1-3-7-15/h4-5,8-13,15H,1-3,6-7,14H2,(H2,24,25,27,28). The number of anilines is 2. The molecule has 1 aliphatic carbocycles. The summed E-state index contributed by atoms with van der Waals surface area (Å²) in [6.07, 6.45) is 6.51. The third kappa shape index (κ3) is 5.33. The molecule has 2 amide bonds. The van der Waals surface area contributed by atoms with Gasteiger partial charge in [-0.1, -0.05) is 54.9 Å². The van der Waals surface area contributed by atoms with Gasteiger partial charge in [0.1, 0.15) is 18.2 Å². The highest BCUT2D eigenvalue weighted by Crippen LogP contribution is 2.33. The average molecular weight is 427 g/mol. The Kier molecular flexibility index (Phi) is 6.53. The molecule has 0 aliphatic heterocycles. The highest BCUT2D eigenvalue weighted by molar-refractivity contribution is 7.15. The predicted molar refractivity (Wildman–Crippen MR) is 116 cm³/mol. The van der Waals surface area contributed by atoms with E-state index < -0.39 is 11.8 Å². The van der Waals surface area contributed by atoms with Crippen molar-refractivity contribution in [2.75, 3.05) is 10.6 Å². The second-order valence-corrected chi connectivity index (χ2v) is 8.31. The zero-order valence-electron chi connectivity index (χ0n) is 16.4. The van der Waals surface area contributed by atoms with Gasteiger partial charge < -0.3 is 10.1 Å².